The average Bonchev–Trinajstić information content (AvgIpc) is 3.00. The van der Waals surface area contributed by atoms with E-state index in [1.54, 1.807) is 24.3 Å². The minimum absolute atomic E-state index is 0.0747. The molecule has 6 nitrogen and oxygen atoms in total. The van der Waals surface area contributed by atoms with Crippen molar-refractivity contribution in [3.8, 4) is 0 Å². The molecule has 2 aromatic carbocycles. The third-order valence-corrected chi connectivity index (χ3v) is 6.93. The molecular weight excluding hydrogens is 402 g/mol. The van der Waals surface area contributed by atoms with E-state index in [-0.39, 0.29) is 17.6 Å². The highest BCUT2D eigenvalue weighted by molar-refractivity contribution is 7.86. The van der Waals surface area contributed by atoms with Crippen LogP contribution in [0.5, 0.6) is 0 Å². The lowest BCUT2D eigenvalue weighted by Crippen LogP contribution is -2.42. The molecule has 7 heteroatoms. The van der Waals surface area contributed by atoms with Gasteiger partial charge in [0, 0.05) is 19.6 Å². The summed E-state index contributed by atoms with van der Waals surface area (Å²) in [4.78, 5) is 2.48. The number of hydrogen-bond acceptors (Lipinski definition) is 6. The molecule has 162 valence electrons. The van der Waals surface area contributed by atoms with Gasteiger partial charge >= 0.3 is 0 Å². The number of hydrogen-bond donors (Lipinski definition) is 0. The highest BCUT2D eigenvalue weighted by Crippen LogP contribution is 2.31. The van der Waals surface area contributed by atoms with Gasteiger partial charge in [0.1, 0.15) is 12.2 Å². The van der Waals surface area contributed by atoms with E-state index in [1.165, 1.54) is 11.1 Å². The SMILES string of the molecule is Cc1ccc(S(=O)(=O)OC[C@H]2OC(C)(C)OC2CN2CCc3ccccc3C2)cc1. The Morgan fingerprint density at radius 1 is 1.03 bits per heavy atom. The second kappa shape index (κ2) is 8.40. The first-order valence-corrected chi connectivity index (χ1v) is 11.7. The van der Waals surface area contributed by atoms with Crippen molar-refractivity contribution >= 4 is 10.1 Å². The highest BCUT2D eigenvalue weighted by Gasteiger charge is 2.43. The van der Waals surface area contributed by atoms with Crippen molar-refractivity contribution in [2.75, 3.05) is 19.7 Å². The van der Waals surface area contributed by atoms with Crippen molar-refractivity contribution < 1.29 is 22.1 Å². The first-order chi connectivity index (χ1) is 14.2. The van der Waals surface area contributed by atoms with Gasteiger partial charge in [-0.25, -0.2) is 0 Å². The number of rotatable bonds is 6. The Balaban J connectivity index is 1.41. The monoisotopic (exact) mass is 431 g/mol. The molecule has 4 rings (SSSR count). The van der Waals surface area contributed by atoms with Crippen LogP contribution in [-0.4, -0.2) is 51.0 Å². The Labute approximate surface area is 178 Å². The van der Waals surface area contributed by atoms with Gasteiger partial charge in [-0.1, -0.05) is 42.0 Å². The van der Waals surface area contributed by atoms with E-state index in [2.05, 4.69) is 29.2 Å². The standard InChI is InChI=1S/C23H29NO5S/c1-17-8-10-20(11-9-17)30(25,26)27-16-22-21(28-23(2,3)29-22)15-24-13-12-18-6-4-5-7-19(18)14-24/h4-11,21-22H,12-16H2,1-3H3/t21?,22-/m1/s1. The molecule has 2 heterocycles. The molecule has 0 N–H and O–H groups in total. The van der Waals surface area contributed by atoms with Gasteiger partial charge in [-0.05, 0) is 50.5 Å². The lowest BCUT2D eigenvalue weighted by molar-refractivity contribution is -0.149. The van der Waals surface area contributed by atoms with Crippen LogP contribution in [0.2, 0.25) is 0 Å². The van der Waals surface area contributed by atoms with Crippen molar-refractivity contribution in [3.63, 3.8) is 0 Å². The quantitative estimate of drug-likeness (QED) is 0.654. The van der Waals surface area contributed by atoms with Crippen molar-refractivity contribution in [3.05, 3.63) is 65.2 Å². The van der Waals surface area contributed by atoms with Crippen molar-refractivity contribution in [1.29, 1.82) is 0 Å². The zero-order chi connectivity index (χ0) is 21.4. The predicted molar refractivity (Wildman–Crippen MR) is 114 cm³/mol. The van der Waals surface area contributed by atoms with Crippen LogP contribution in [-0.2, 0) is 36.7 Å². The Morgan fingerprint density at radius 2 is 1.70 bits per heavy atom. The molecule has 0 saturated carbocycles. The number of benzene rings is 2. The van der Waals surface area contributed by atoms with Gasteiger partial charge in [0.15, 0.2) is 5.79 Å². The summed E-state index contributed by atoms with van der Waals surface area (Å²) in [6, 6.07) is 15.1. The number of aryl methyl sites for hydroxylation is 1. The lowest BCUT2D eigenvalue weighted by atomic mass is 9.99. The molecule has 30 heavy (non-hydrogen) atoms. The summed E-state index contributed by atoms with van der Waals surface area (Å²) in [5.41, 5.74) is 3.71. The molecule has 2 aromatic rings. The summed E-state index contributed by atoms with van der Waals surface area (Å²) in [5.74, 6) is -0.778. The molecule has 0 aromatic heterocycles. The molecule has 0 radical (unpaired) electrons. The van der Waals surface area contributed by atoms with Crippen LogP contribution >= 0.6 is 0 Å². The molecule has 2 atom stereocenters. The van der Waals surface area contributed by atoms with Gasteiger partial charge in [0.25, 0.3) is 10.1 Å². The van der Waals surface area contributed by atoms with Crippen molar-refractivity contribution in [2.24, 2.45) is 0 Å². The zero-order valence-electron chi connectivity index (χ0n) is 17.7. The molecule has 0 aliphatic carbocycles. The maximum atomic E-state index is 12.6. The summed E-state index contributed by atoms with van der Waals surface area (Å²) in [6.07, 6.45) is 0.270. The van der Waals surface area contributed by atoms with E-state index in [0.717, 1.165) is 25.1 Å². The first-order valence-electron chi connectivity index (χ1n) is 10.3. The third-order valence-electron chi connectivity index (χ3n) is 5.63. The molecule has 0 amide bonds. The second-order valence-corrected chi connectivity index (χ2v) is 10.1. The van der Waals surface area contributed by atoms with Gasteiger partial charge in [-0.15, -0.1) is 0 Å². The van der Waals surface area contributed by atoms with Gasteiger partial charge in [0.05, 0.1) is 11.5 Å². The van der Waals surface area contributed by atoms with E-state index >= 15 is 0 Å². The van der Waals surface area contributed by atoms with Crippen molar-refractivity contribution in [2.45, 2.75) is 56.6 Å². The van der Waals surface area contributed by atoms with Gasteiger partial charge in [-0.2, -0.15) is 8.42 Å². The number of ether oxygens (including phenoxy) is 2. The Bertz CT molecular complexity index is 987. The van der Waals surface area contributed by atoms with Gasteiger partial charge < -0.3 is 9.47 Å². The summed E-state index contributed by atoms with van der Waals surface area (Å²) in [6.45, 7) is 7.98. The van der Waals surface area contributed by atoms with E-state index < -0.39 is 22.0 Å². The highest BCUT2D eigenvalue weighted by atomic mass is 32.2. The Hall–Kier alpha value is -1.77. The molecule has 2 aliphatic heterocycles. The maximum absolute atomic E-state index is 12.6. The van der Waals surface area contributed by atoms with Crippen LogP contribution in [0.4, 0.5) is 0 Å². The summed E-state index contributed by atoms with van der Waals surface area (Å²) >= 11 is 0. The summed E-state index contributed by atoms with van der Waals surface area (Å²) in [5, 5.41) is 0. The molecule has 0 bridgehead atoms. The van der Waals surface area contributed by atoms with Gasteiger partial charge in [-0.3, -0.25) is 9.08 Å². The van der Waals surface area contributed by atoms with E-state index in [0.29, 0.717) is 6.54 Å². The smallest absolute Gasteiger partial charge is 0.297 e. The van der Waals surface area contributed by atoms with Crippen LogP contribution in [0, 0.1) is 6.92 Å². The number of nitrogens with zero attached hydrogens (tertiary/aromatic N) is 1. The van der Waals surface area contributed by atoms with Gasteiger partial charge in [0.2, 0.25) is 0 Å². The molecular formula is C23H29NO5S. The summed E-state index contributed by atoms with van der Waals surface area (Å²) < 4.78 is 42.6. The van der Waals surface area contributed by atoms with E-state index in [4.69, 9.17) is 13.7 Å². The van der Waals surface area contributed by atoms with E-state index in [9.17, 15) is 8.42 Å². The minimum atomic E-state index is -3.85. The van der Waals surface area contributed by atoms with Crippen molar-refractivity contribution in [1.82, 2.24) is 4.90 Å². The van der Waals surface area contributed by atoms with Crippen LogP contribution in [0.15, 0.2) is 53.4 Å². The molecule has 1 saturated heterocycles. The number of fused-ring (bicyclic) bond motifs is 1. The second-order valence-electron chi connectivity index (χ2n) is 8.52. The van der Waals surface area contributed by atoms with Crippen LogP contribution in [0.3, 0.4) is 0 Å². The maximum Gasteiger partial charge on any atom is 0.297 e. The Morgan fingerprint density at radius 3 is 2.43 bits per heavy atom. The first kappa shape index (κ1) is 21.5. The van der Waals surface area contributed by atoms with Crippen LogP contribution < -0.4 is 0 Å². The van der Waals surface area contributed by atoms with Crippen LogP contribution in [0.1, 0.15) is 30.5 Å². The topological polar surface area (TPSA) is 65.1 Å². The molecule has 2 aliphatic rings. The summed E-state index contributed by atoms with van der Waals surface area (Å²) in [7, 11) is -3.85. The fourth-order valence-corrected chi connectivity index (χ4v) is 5.02. The van der Waals surface area contributed by atoms with E-state index in [1.807, 2.05) is 20.8 Å². The molecule has 1 fully saturated rings. The zero-order valence-corrected chi connectivity index (χ0v) is 18.5. The molecule has 0 spiro atoms. The lowest BCUT2D eigenvalue weighted by Gasteiger charge is -2.31. The normalized spacial score (nSPS) is 24.0. The fourth-order valence-electron chi connectivity index (χ4n) is 4.10. The average molecular weight is 432 g/mol. The molecule has 1 unspecified atom stereocenters. The predicted octanol–water partition coefficient (Wildman–Crippen LogP) is 3.28. The minimum Gasteiger partial charge on any atom is -0.343 e. The van der Waals surface area contributed by atoms with Crippen LogP contribution in [0.25, 0.3) is 0 Å². The Kier molecular flexibility index (Phi) is 6.01. The fraction of sp³-hybridized carbons (Fsp3) is 0.478. The largest absolute Gasteiger partial charge is 0.343 e. The third kappa shape index (κ3) is 4.92.